The number of methoxy groups -OCH3 is 1. The van der Waals surface area contributed by atoms with E-state index in [0.29, 0.717) is 5.56 Å². The first kappa shape index (κ1) is 21.5. The number of carboxylic acid groups (broad SMARTS) is 1. The van der Waals surface area contributed by atoms with Gasteiger partial charge >= 0.3 is 5.97 Å². The second-order valence-electron chi connectivity index (χ2n) is 5.63. The monoisotopic (exact) mass is 430 g/mol. The Morgan fingerprint density at radius 3 is 2.29 bits per heavy atom. The Balaban J connectivity index is 2.34. The van der Waals surface area contributed by atoms with Crippen LogP contribution < -0.4 is 19.3 Å². The van der Waals surface area contributed by atoms with E-state index in [2.05, 4.69) is 4.72 Å². The van der Waals surface area contributed by atoms with Gasteiger partial charge in [0.1, 0.15) is 16.4 Å². The second-order valence-corrected chi connectivity index (χ2v) is 8.84. The summed E-state index contributed by atoms with van der Waals surface area (Å²) in [7, 11) is -6.95. The fourth-order valence-electron chi connectivity index (χ4n) is 2.27. The molecule has 2 rings (SSSR count). The zero-order valence-corrected chi connectivity index (χ0v) is 16.5. The number of benzene rings is 2. The summed E-state index contributed by atoms with van der Waals surface area (Å²) in [5.74, 6) is -0.966. The van der Waals surface area contributed by atoms with Crippen molar-refractivity contribution in [3.8, 4) is 11.5 Å². The molecule has 0 aliphatic carbocycles. The Kier molecular flexibility index (Phi) is 6.17. The van der Waals surface area contributed by atoms with E-state index in [1.165, 1.54) is 37.4 Å². The van der Waals surface area contributed by atoms with Crippen molar-refractivity contribution in [3.05, 3.63) is 42.0 Å². The number of aliphatic carboxylic acids is 1. The van der Waals surface area contributed by atoms with Gasteiger partial charge in [0.2, 0.25) is 10.0 Å². The fraction of sp³-hybridized carbons (Fsp3) is 0.188. The Morgan fingerprint density at radius 2 is 1.75 bits per heavy atom. The number of aryl methyl sites for hydroxylation is 1. The van der Waals surface area contributed by atoms with Gasteiger partial charge in [0.05, 0.1) is 17.7 Å². The van der Waals surface area contributed by atoms with Crippen LogP contribution in [0.3, 0.4) is 0 Å². The zero-order chi connectivity index (χ0) is 21.1. The van der Waals surface area contributed by atoms with E-state index < -0.39 is 32.6 Å². The van der Waals surface area contributed by atoms with Crippen LogP contribution in [0.1, 0.15) is 5.56 Å². The number of carbonyl (C=O) groups is 1. The van der Waals surface area contributed by atoms with Gasteiger partial charge in [-0.3, -0.25) is 4.72 Å². The average Bonchev–Trinajstić information content (AvgIpc) is 2.59. The van der Waals surface area contributed by atoms with E-state index in [9.17, 15) is 21.6 Å². The van der Waals surface area contributed by atoms with Gasteiger partial charge in [-0.1, -0.05) is 0 Å². The highest BCUT2D eigenvalue weighted by Gasteiger charge is 2.20. The molecule has 28 heavy (non-hydrogen) atoms. The van der Waals surface area contributed by atoms with Crippen molar-refractivity contribution in [1.29, 1.82) is 0 Å². The SMILES string of the molecule is COc1ccc(NS(=O)(=O)c2ccc(OCC(=O)O)c(C)c2)cc1S(N)(=O)=O. The molecule has 0 fully saturated rings. The van der Waals surface area contributed by atoms with Gasteiger partial charge in [-0.15, -0.1) is 0 Å². The molecule has 0 aromatic heterocycles. The normalized spacial score (nSPS) is 11.7. The number of sulfonamides is 2. The first-order valence-corrected chi connectivity index (χ1v) is 10.7. The van der Waals surface area contributed by atoms with Gasteiger partial charge in [0.25, 0.3) is 10.0 Å². The minimum atomic E-state index is -4.14. The predicted molar refractivity (Wildman–Crippen MR) is 99.5 cm³/mol. The molecule has 0 aliphatic heterocycles. The van der Waals surface area contributed by atoms with Crippen molar-refractivity contribution in [2.24, 2.45) is 5.14 Å². The summed E-state index contributed by atoms with van der Waals surface area (Å²) >= 11 is 0. The zero-order valence-electron chi connectivity index (χ0n) is 14.9. The number of carboxylic acids is 1. The molecule has 0 saturated heterocycles. The van der Waals surface area contributed by atoms with E-state index in [1.54, 1.807) is 6.92 Å². The Hall–Kier alpha value is -2.83. The molecule has 0 amide bonds. The highest BCUT2D eigenvalue weighted by Crippen LogP contribution is 2.28. The molecule has 0 saturated carbocycles. The standard InChI is InChI=1S/C16H18N2O8S2/c1-10-7-12(4-6-13(10)26-9-16(19)20)28(23,24)18-11-3-5-14(25-2)15(8-11)27(17,21)22/h3-8,18H,9H2,1-2H3,(H,19,20)(H2,17,21,22). The van der Waals surface area contributed by atoms with E-state index in [0.717, 1.165) is 6.07 Å². The van der Waals surface area contributed by atoms with Crippen molar-refractivity contribution < 1.29 is 36.2 Å². The molecule has 0 atom stereocenters. The molecular formula is C16H18N2O8S2. The van der Waals surface area contributed by atoms with E-state index in [4.69, 9.17) is 19.7 Å². The summed E-state index contributed by atoms with van der Waals surface area (Å²) in [6, 6.07) is 7.49. The van der Waals surface area contributed by atoms with Crippen LogP contribution in [0.2, 0.25) is 0 Å². The van der Waals surface area contributed by atoms with Crippen molar-refractivity contribution in [3.63, 3.8) is 0 Å². The van der Waals surface area contributed by atoms with Crippen molar-refractivity contribution >= 4 is 31.7 Å². The molecule has 152 valence electrons. The highest BCUT2D eigenvalue weighted by atomic mass is 32.2. The summed E-state index contributed by atoms with van der Waals surface area (Å²) in [6.07, 6.45) is 0. The Morgan fingerprint density at radius 1 is 1.11 bits per heavy atom. The second kappa shape index (κ2) is 8.04. The molecular weight excluding hydrogens is 412 g/mol. The number of ether oxygens (including phenoxy) is 2. The summed E-state index contributed by atoms with van der Waals surface area (Å²) < 4.78 is 60.7. The van der Waals surface area contributed by atoms with Gasteiger partial charge in [0, 0.05) is 0 Å². The summed E-state index contributed by atoms with van der Waals surface area (Å²) in [6.45, 7) is 0.996. The predicted octanol–water partition coefficient (Wildman–Crippen LogP) is 0.915. The molecule has 0 radical (unpaired) electrons. The maximum atomic E-state index is 12.6. The van der Waals surface area contributed by atoms with Crippen LogP contribution in [0, 0.1) is 6.92 Å². The molecule has 10 nitrogen and oxygen atoms in total. The third-order valence-corrected chi connectivity index (χ3v) is 5.84. The largest absolute Gasteiger partial charge is 0.495 e. The Bertz CT molecular complexity index is 1110. The van der Waals surface area contributed by atoms with Gasteiger partial charge in [-0.25, -0.2) is 26.8 Å². The third kappa shape index (κ3) is 5.12. The van der Waals surface area contributed by atoms with Crippen molar-refractivity contribution in [2.45, 2.75) is 16.7 Å². The summed E-state index contributed by atoms with van der Waals surface area (Å²) in [5, 5.41) is 13.8. The first-order valence-electron chi connectivity index (χ1n) is 7.63. The number of hydrogen-bond acceptors (Lipinski definition) is 7. The number of primary sulfonamides is 1. The summed E-state index contributed by atoms with van der Waals surface area (Å²) in [5.41, 5.74) is 0.373. The van der Waals surface area contributed by atoms with Gasteiger partial charge in [-0.2, -0.15) is 0 Å². The average molecular weight is 430 g/mol. The highest BCUT2D eigenvalue weighted by molar-refractivity contribution is 7.92. The summed E-state index contributed by atoms with van der Waals surface area (Å²) in [4.78, 5) is 10.1. The van der Waals surface area contributed by atoms with Gasteiger partial charge in [-0.05, 0) is 48.9 Å². The lowest BCUT2D eigenvalue weighted by Gasteiger charge is -2.13. The van der Waals surface area contributed by atoms with Crippen molar-refractivity contribution in [1.82, 2.24) is 0 Å². The van der Waals surface area contributed by atoms with Crippen LogP contribution in [0.5, 0.6) is 11.5 Å². The lowest BCUT2D eigenvalue weighted by atomic mass is 10.2. The van der Waals surface area contributed by atoms with E-state index in [-0.39, 0.29) is 27.0 Å². The van der Waals surface area contributed by atoms with Gasteiger partial charge in [0.15, 0.2) is 6.61 Å². The van der Waals surface area contributed by atoms with Crippen LogP contribution in [0.25, 0.3) is 0 Å². The van der Waals surface area contributed by atoms with Crippen LogP contribution in [-0.2, 0) is 24.8 Å². The maximum absolute atomic E-state index is 12.6. The van der Waals surface area contributed by atoms with E-state index in [1.807, 2.05) is 0 Å². The quantitative estimate of drug-likeness (QED) is 0.557. The molecule has 0 bridgehead atoms. The van der Waals surface area contributed by atoms with Crippen LogP contribution in [0.15, 0.2) is 46.2 Å². The maximum Gasteiger partial charge on any atom is 0.341 e. The smallest absolute Gasteiger partial charge is 0.341 e. The van der Waals surface area contributed by atoms with Crippen LogP contribution >= 0.6 is 0 Å². The number of hydrogen-bond donors (Lipinski definition) is 3. The molecule has 12 heteroatoms. The topological polar surface area (TPSA) is 162 Å². The third-order valence-electron chi connectivity index (χ3n) is 3.53. The Labute approximate surface area is 162 Å². The number of anilines is 1. The number of nitrogens with two attached hydrogens (primary N) is 1. The van der Waals surface area contributed by atoms with Crippen molar-refractivity contribution in [2.75, 3.05) is 18.4 Å². The molecule has 2 aromatic carbocycles. The van der Waals surface area contributed by atoms with Crippen LogP contribution in [0.4, 0.5) is 5.69 Å². The minimum Gasteiger partial charge on any atom is -0.495 e. The van der Waals surface area contributed by atoms with Crippen LogP contribution in [-0.4, -0.2) is 41.6 Å². The molecule has 0 heterocycles. The lowest BCUT2D eigenvalue weighted by molar-refractivity contribution is -0.139. The van der Waals surface area contributed by atoms with Gasteiger partial charge < -0.3 is 14.6 Å². The molecule has 2 aromatic rings. The molecule has 0 aliphatic rings. The molecule has 0 spiro atoms. The molecule has 4 N–H and O–H groups in total. The first-order chi connectivity index (χ1) is 12.9. The molecule has 0 unspecified atom stereocenters. The lowest BCUT2D eigenvalue weighted by Crippen LogP contribution is -2.16. The number of nitrogens with one attached hydrogen (secondary N) is 1. The van der Waals surface area contributed by atoms with E-state index >= 15 is 0 Å². The fourth-order valence-corrected chi connectivity index (χ4v) is 4.12. The number of rotatable bonds is 8. The minimum absolute atomic E-state index is 0.0266.